The maximum atomic E-state index is 5.96. The van der Waals surface area contributed by atoms with E-state index in [4.69, 9.17) is 20.4 Å². The van der Waals surface area contributed by atoms with Gasteiger partial charge in [0, 0.05) is 12.7 Å². The molecule has 0 amide bonds. The number of aromatic amines is 1. The van der Waals surface area contributed by atoms with Crippen LogP contribution in [0.1, 0.15) is 47.1 Å². The Morgan fingerprint density at radius 1 is 1.09 bits per heavy atom. The number of hydrogen-bond acceptors (Lipinski definition) is 5. The van der Waals surface area contributed by atoms with Gasteiger partial charge < -0.3 is 15.5 Å². The van der Waals surface area contributed by atoms with E-state index >= 15 is 0 Å². The van der Waals surface area contributed by atoms with Crippen LogP contribution in [-0.4, -0.2) is 33.5 Å². The molecule has 4 aromatic rings. The Kier molecular flexibility index (Phi) is 6.37. The molecule has 1 aliphatic rings. The fraction of sp³-hybridized carbons (Fsp3) is 0.333. The minimum Gasteiger partial charge on any atom is -0.496 e. The highest BCUT2D eigenvalue weighted by molar-refractivity contribution is 5.74. The molecule has 3 N–H and O–H groups in total. The zero-order valence-corrected chi connectivity index (χ0v) is 19.1. The third kappa shape index (κ3) is 4.49. The van der Waals surface area contributed by atoms with Crippen molar-refractivity contribution in [3.05, 3.63) is 89.0 Å². The van der Waals surface area contributed by atoms with Crippen LogP contribution in [0.25, 0.3) is 11.0 Å². The minimum atomic E-state index is 0.236. The number of aromatic nitrogens is 3. The first-order valence-electron chi connectivity index (χ1n) is 11.7. The number of aryl methyl sites for hydroxylation is 1. The average Bonchev–Trinajstić information content (AvgIpc) is 3.27. The molecule has 1 aliphatic carbocycles. The van der Waals surface area contributed by atoms with Gasteiger partial charge in [-0.15, -0.1) is 0 Å². The molecule has 0 fully saturated rings. The van der Waals surface area contributed by atoms with Gasteiger partial charge in [-0.1, -0.05) is 30.3 Å². The Bertz CT molecular complexity index is 1200. The molecule has 1 unspecified atom stereocenters. The first kappa shape index (κ1) is 21.6. The van der Waals surface area contributed by atoms with Crippen LogP contribution >= 0.6 is 0 Å². The number of pyridine rings is 1. The lowest BCUT2D eigenvalue weighted by Crippen LogP contribution is -2.32. The predicted octanol–water partition coefficient (Wildman–Crippen LogP) is 4.55. The van der Waals surface area contributed by atoms with Gasteiger partial charge in [0.05, 0.1) is 36.4 Å². The summed E-state index contributed by atoms with van der Waals surface area (Å²) in [5.74, 6) is 1.88. The van der Waals surface area contributed by atoms with Crippen molar-refractivity contribution in [3.8, 4) is 5.75 Å². The molecule has 0 radical (unpaired) electrons. The number of nitrogens with two attached hydrogens (primary N) is 1. The maximum absolute atomic E-state index is 5.96. The minimum absolute atomic E-state index is 0.236. The van der Waals surface area contributed by atoms with Crippen LogP contribution in [0.3, 0.4) is 0 Å². The van der Waals surface area contributed by atoms with Crippen LogP contribution in [-0.2, 0) is 25.9 Å². The fourth-order valence-corrected chi connectivity index (χ4v) is 5.09. The van der Waals surface area contributed by atoms with Gasteiger partial charge in [-0.2, -0.15) is 0 Å². The molecule has 0 saturated heterocycles. The third-order valence-electron chi connectivity index (χ3n) is 6.62. The van der Waals surface area contributed by atoms with Gasteiger partial charge in [0.1, 0.15) is 11.6 Å². The summed E-state index contributed by atoms with van der Waals surface area (Å²) in [6.45, 7) is 2.09. The lowest BCUT2D eigenvalue weighted by molar-refractivity contribution is 0.153. The zero-order valence-electron chi connectivity index (χ0n) is 19.1. The quantitative estimate of drug-likeness (QED) is 0.419. The normalized spacial score (nSPS) is 15.7. The number of nitrogens with zero attached hydrogens (tertiary/aromatic N) is 3. The van der Waals surface area contributed by atoms with Crippen molar-refractivity contribution in [2.75, 3.05) is 13.7 Å². The molecular weight excluding hydrogens is 410 g/mol. The number of fused-ring (bicyclic) bond motifs is 2. The summed E-state index contributed by atoms with van der Waals surface area (Å²) >= 11 is 0. The number of para-hydroxylation sites is 2. The lowest BCUT2D eigenvalue weighted by Gasteiger charge is -2.35. The Morgan fingerprint density at radius 2 is 2.00 bits per heavy atom. The molecule has 2 aromatic carbocycles. The Balaban J connectivity index is 1.53. The van der Waals surface area contributed by atoms with Crippen molar-refractivity contribution >= 4 is 11.0 Å². The second-order valence-corrected chi connectivity index (χ2v) is 8.70. The van der Waals surface area contributed by atoms with E-state index in [1.807, 2.05) is 30.5 Å². The van der Waals surface area contributed by atoms with E-state index in [9.17, 15) is 0 Å². The van der Waals surface area contributed by atoms with E-state index in [2.05, 4.69) is 40.2 Å². The van der Waals surface area contributed by atoms with Crippen LogP contribution < -0.4 is 10.5 Å². The van der Waals surface area contributed by atoms with Gasteiger partial charge in [0.2, 0.25) is 0 Å². The number of ether oxygens (including phenoxy) is 1. The number of hydrogen-bond donors (Lipinski definition) is 2. The smallest absolute Gasteiger partial charge is 0.122 e. The number of benzene rings is 2. The van der Waals surface area contributed by atoms with Crippen LogP contribution in [0.15, 0.2) is 60.8 Å². The van der Waals surface area contributed by atoms with Gasteiger partial charge in [-0.3, -0.25) is 9.88 Å². The van der Waals surface area contributed by atoms with Crippen LogP contribution in [0, 0.1) is 0 Å². The van der Waals surface area contributed by atoms with Crippen LogP contribution in [0.2, 0.25) is 0 Å². The second-order valence-electron chi connectivity index (χ2n) is 8.70. The van der Waals surface area contributed by atoms with E-state index in [1.54, 1.807) is 7.11 Å². The first-order chi connectivity index (χ1) is 16.3. The molecule has 2 aromatic heterocycles. The average molecular weight is 442 g/mol. The third-order valence-corrected chi connectivity index (χ3v) is 6.62. The standard InChI is InChI=1S/C27H31N5O/c1-33-25-13-5-8-20(21(25)14-15-28)17-32(18-26-30-22-10-2-3-11-23(22)31-26)24-12-4-7-19-9-6-16-29-27(19)24/h2-3,5-6,8-11,13,16,24H,4,7,12,14-15,17-18,28H2,1H3,(H,30,31). The molecule has 2 heterocycles. The summed E-state index contributed by atoms with van der Waals surface area (Å²) in [5, 5.41) is 0. The van der Waals surface area contributed by atoms with Gasteiger partial charge in [0.25, 0.3) is 0 Å². The zero-order chi connectivity index (χ0) is 22.6. The molecular formula is C27H31N5O. The molecule has 170 valence electrons. The Labute approximate surface area is 194 Å². The highest BCUT2D eigenvalue weighted by atomic mass is 16.5. The van der Waals surface area contributed by atoms with Crippen molar-refractivity contribution < 1.29 is 4.74 Å². The molecule has 6 nitrogen and oxygen atoms in total. The summed E-state index contributed by atoms with van der Waals surface area (Å²) in [7, 11) is 1.73. The van der Waals surface area contributed by atoms with Crippen molar-refractivity contribution in [2.24, 2.45) is 5.73 Å². The SMILES string of the molecule is COc1cccc(CN(Cc2nc3ccccc3[nH]2)C2CCCc3cccnc32)c1CCN. The largest absolute Gasteiger partial charge is 0.496 e. The number of methoxy groups -OCH3 is 1. The second kappa shape index (κ2) is 9.73. The molecule has 5 rings (SSSR count). The first-order valence-corrected chi connectivity index (χ1v) is 11.7. The van der Waals surface area contributed by atoms with Crippen molar-refractivity contribution in [2.45, 2.75) is 44.8 Å². The molecule has 33 heavy (non-hydrogen) atoms. The monoisotopic (exact) mass is 441 g/mol. The fourth-order valence-electron chi connectivity index (χ4n) is 5.09. The summed E-state index contributed by atoms with van der Waals surface area (Å²) in [5.41, 5.74) is 13.0. The number of H-pyrrole nitrogens is 1. The predicted molar refractivity (Wildman–Crippen MR) is 131 cm³/mol. The summed E-state index contributed by atoms with van der Waals surface area (Å²) in [4.78, 5) is 15.7. The van der Waals surface area contributed by atoms with E-state index in [1.165, 1.54) is 22.4 Å². The van der Waals surface area contributed by atoms with Crippen LogP contribution in [0.4, 0.5) is 0 Å². The topological polar surface area (TPSA) is 80.1 Å². The van der Waals surface area contributed by atoms with E-state index in [-0.39, 0.29) is 6.04 Å². The Hall–Kier alpha value is -3.22. The van der Waals surface area contributed by atoms with Crippen molar-refractivity contribution in [1.29, 1.82) is 0 Å². The molecule has 0 spiro atoms. The van der Waals surface area contributed by atoms with Gasteiger partial charge in [-0.05, 0) is 73.2 Å². The molecule has 0 aliphatic heterocycles. The number of nitrogens with one attached hydrogen (secondary N) is 1. The highest BCUT2D eigenvalue weighted by Crippen LogP contribution is 2.36. The Morgan fingerprint density at radius 3 is 2.85 bits per heavy atom. The van der Waals surface area contributed by atoms with E-state index in [0.29, 0.717) is 13.1 Å². The van der Waals surface area contributed by atoms with Crippen molar-refractivity contribution in [3.63, 3.8) is 0 Å². The van der Waals surface area contributed by atoms with E-state index in [0.717, 1.165) is 54.8 Å². The highest BCUT2D eigenvalue weighted by Gasteiger charge is 2.28. The summed E-state index contributed by atoms with van der Waals surface area (Å²) in [6, 6.07) is 19.0. The molecule has 6 heteroatoms. The number of imidazole rings is 1. The van der Waals surface area contributed by atoms with Crippen molar-refractivity contribution in [1.82, 2.24) is 19.9 Å². The number of rotatable bonds is 8. The summed E-state index contributed by atoms with van der Waals surface area (Å²) in [6.07, 6.45) is 6.04. The molecule has 0 saturated carbocycles. The van der Waals surface area contributed by atoms with Gasteiger partial charge in [-0.25, -0.2) is 4.98 Å². The van der Waals surface area contributed by atoms with E-state index < -0.39 is 0 Å². The lowest BCUT2D eigenvalue weighted by atomic mass is 9.90. The van der Waals surface area contributed by atoms with Crippen LogP contribution in [0.5, 0.6) is 5.75 Å². The summed E-state index contributed by atoms with van der Waals surface area (Å²) < 4.78 is 5.68. The maximum Gasteiger partial charge on any atom is 0.122 e. The van der Waals surface area contributed by atoms with Gasteiger partial charge in [0.15, 0.2) is 0 Å². The molecule has 0 bridgehead atoms. The van der Waals surface area contributed by atoms with Gasteiger partial charge >= 0.3 is 0 Å². The molecule has 1 atom stereocenters.